The number of aromatic amines is 1. The predicted octanol–water partition coefficient (Wildman–Crippen LogP) is 0.601. The fourth-order valence-corrected chi connectivity index (χ4v) is 1.37. The lowest BCUT2D eigenvalue weighted by molar-refractivity contribution is 0.475. The lowest BCUT2D eigenvalue weighted by atomic mass is 10.2. The van der Waals surface area contributed by atoms with Gasteiger partial charge in [-0.1, -0.05) is 12.1 Å². The van der Waals surface area contributed by atoms with Crippen molar-refractivity contribution >= 4 is 0 Å². The first-order valence-electron chi connectivity index (χ1n) is 4.78. The number of nitrogens with zero attached hydrogens (tertiary/aromatic N) is 1. The Morgan fingerprint density at radius 3 is 2.88 bits per heavy atom. The number of hydrogen-bond acceptors (Lipinski definition) is 4. The molecule has 0 saturated carbocycles. The molecule has 2 aromatic rings. The summed E-state index contributed by atoms with van der Waals surface area (Å²) < 4.78 is 0. The second-order valence-electron chi connectivity index (χ2n) is 3.34. The number of nitrogens with one attached hydrogen (secondary N) is 1. The third kappa shape index (κ3) is 1.94. The van der Waals surface area contributed by atoms with Crippen LogP contribution in [0.2, 0.25) is 0 Å². The van der Waals surface area contributed by atoms with Crippen molar-refractivity contribution in [3.05, 3.63) is 46.4 Å². The molecular formula is C11H11N3O2. The number of phenolic OH excluding ortho intramolecular Hbond substituents is 1. The van der Waals surface area contributed by atoms with Gasteiger partial charge in [0.2, 0.25) is 0 Å². The largest absolute Gasteiger partial charge is 0.508 e. The number of H-pyrrole nitrogens is 1. The summed E-state index contributed by atoms with van der Waals surface area (Å²) in [5.74, 6) is 0.543. The first kappa shape index (κ1) is 10.4. The van der Waals surface area contributed by atoms with Gasteiger partial charge in [-0.25, -0.2) is 4.98 Å². The molecule has 0 bridgehead atoms. The molecule has 0 saturated heterocycles. The summed E-state index contributed by atoms with van der Waals surface area (Å²) >= 11 is 0. The van der Waals surface area contributed by atoms with Crippen LogP contribution in [0.25, 0.3) is 11.4 Å². The van der Waals surface area contributed by atoms with Crippen LogP contribution >= 0.6 is 0 Å². The van der Waals surface area contributed by atoms with Crippen molar-refractivity contribution in [3.8, 4) is 17.1 Å². The number of hydrogen-bond donors (Lipinski definition) is 3. The average Bonchev–Trinajstić information content (AvgIpc) is 2.29. The fourth-order valence-electron chi connectivity index (χ4n) is 1.37. The molecule has 0 amide bonds. The van der Waals surface area contributed by atoms with E-state index < -0.39 is 0 Å². The van der Waals surface area contributed by atoms with Gasteiger partial charge in [0.05, 0.1) is 0 Å². The van der Waals surface area contributed by atoms with Crippen LogP contribution < -0.4 is 11.3 Å². The molecule has 0 aliphatic heterocycles. The molecule has 1 heterocycles. The maximum Gasteiger partial charge on any atom is 0.255 e. The molecule has 1 aromatic carbocycles. The number of rotatable bonds is 2. The Labute approximate surface area is 91.6 Å². The van der Waals surface area contributed by atoms with E-state index in [1.165, 1.54) is 12.3 Å². The number of nitrogens with two attached hydrogens (primary N) is 1. The summed E-state index contributed by atoms with van der Waals surface area (Å²) in [4.78, 5) is 18.2. The molecule has 5 heteroatoms. The van der Waals surface area contributed by atoms with Crippen LogP contribution in [-0.2, 0) is 6.54 Å². The Kier molecular flexibility index (Phi) is 2.70. The van der Waals surface area contributed by atoms with E-state index in [1.807, 2.05) is 0 Å². The molecule has 4 N–H and O–H groups in total. The molecule has 5 nitrogen and oxygen atoms in total. The van der Waals surface area contributed by atoms with Gasteiger partial charge in [0.15, 0.2) is 0 Å². The van der Waals surface area contributed by atoms with Crippen LogP contribution in [0.15, 0.2) is 35.3 Å². The van der Waals surface area contributed by atoms with Gasteiger partial charge in [0.25, 0.3) is 5.56 Å². The summed E-state index contributed by atoms with van der Waals surface area (Å²) in [5.41, 5.74) is 6.20. The molecule has 0 spiro atoms. The zero-order chi connectivity index (χ0) is 11.5. The van der Waals surface area contributed by atoms with Gasteiger partial charge in [-0.05, 0) is 12.1 Å². The Balaban J connectivity index is 2.49. The number of phenols is 1. The second-order valence-corrected chi connectivity index (χ2v) is 3.34. The third-order valence-corrected chi connectivity index (χ3v) is 2.21. The van der Waals surface area contributed by atoms with E-state index in [0.717, 1.165) is 0 Å². The summed E-state index contributed by atoms with van der Waals surface area (Å²) in [5, 5.41) is 9.30. The van der Waals surface area contributed by atoms with Crippen molar-refractivity contribution in [3.63, 3.8) is 0 Å². The maximum absolute atomic E-state index is 11.5. The minimum Gasteiger partial charge on any atom is -0.508 e. The monoisotopic (exact) mass is 217 g/mol. The van der Waals surface area contributed by atoms with E-state index in [4.69, 9.17) is 5.73 Å². The molecule has 0 fully saturated rings. The van der Waals surface area contributed by atoms with Crippen molar-refractivity contribution in [2.75, 3.05) is 0 Å². The van der Waals surface area contributed by atoms with Crippen molar-refractivity contribution in [1.82, 2.24) is 9.97 Å². The van der Waals surface area contributed by atoms with Gasteiger partial charge in [-0.3, -0.25) is 4.79 Å². The molecule has 0 atom stereocenters. The molecule has 82 valence electrons. The highest BCUT2D eigenvalue weighted by Gasteiger charge is 2.03. The SMILES string of the molecule is NCc1cnc(-c2cccc(O)c2)[nH]c1=O. The van der Waals surface area contributed by atoms with E-state index in [0.29, 0.717) is 17.0 Å². The molecule has 0 aliphatic rings. The highest BCUT2D eigenvalue weighted by molar-refractivity contribution is 5.56. The molecule has 0 unspecified atom stereocenters. The van der Waals surface area contributed by atoms with Crippen LogP contribution in [0, 0.1) is 0 Å². The predicted molar refractivity (Wildman–Crippen MR) is 59.8 cm³/mol. The number of aromatic nitrogens is 2. The lowest BCUT2D eigenvalue weighted by Crippen LogP contribution is -2.17. The van der Waals surface area contributed by atoms with Gasteiger partial charge in [-0.15, -0.1) is 0 Å². The van der Waals surface area contributed by atoms with Gasteiger partial charge in [0.1, 0.15) is 11.6 Å². The van der Waals surface area contributed by atoms with E-state index in [1.54, 1.807) is 18.2 Å². The normalized spacial score (nSPS) is 10.3. The van der Waals surface area contributed by atoms with E-state index >= 15 is 0 Å². The van der Waals surface area contributed by atoms with Crippen molar-refractivity contribution in [2.45, 2.75) is 6.54 Å². The molecule has 16 heavy (non-hydrogen) atoms. The van der Waals surface area contributed by atoms with Crippen molar-refractivity contribution < 1.29 is 5.11 Å². The lowest BCUT2D eigenvalue weighted by Gasteiger charge is -2.02. The summed E-state index contributed by atoms with van der Waals surface area (Å²) in [7, 11) is 0. The van der Waals surface area contributed by atoms with Crippen LogP contribution in [0.5, 0.6) is 5.75 Å². The zero-order valence-electron chi connectivity index (χ0n) is 8.47. The fraction of sp³-hybridized carbons (Fsp3) is 0.0909. The Bertz CT molecular complexity index is 563. The average molecular weight is 217 g/mol. The quantitative estimate of drug-likeness (QED) is 0.686. The van der Waals surface area contributed by atoms with E-state index in [2.05, 4.69) is 9.97 Å². The maximum atomic E-state index is 11.5. The Hall–Kier alpha value is -2.14. The summed E-state index contributed by atoms with van der Waals surface area (Å²) in [6.45, 7) is 0.155. The first-order valence-corrected chi connectivity index (χ1v) is 4.78. The minimum absolute atomic E-state index is 0.128. The first-order chi connectivity index (χ1) is 7.70. The summed E-state index contributed by atoms with van der Waals surface area (Å²) in [6, 6.07) is 6.51. The number of benzene rings is 1. The van der Waals surface area contributed by atoms with Crippen LogP contribution in [0.3, 0.4) is 0 Å². The van der Waals surface area contributed by atoms with Crippen LogP contribution in [-0.4, -0.2) is 15.1 Å². The molecule has 2 rings (SSSR count). The van der Waals surface area contributed by atoms with E-state index in [9.17, 15) is 9.90 Å². The van der Waals surface area contributed by atoms with E-state index in [-0.39, 0.29) is 17.9 Å². The van der Waals surface area contributed by atoms with Crippen LogP contribution in [0.4, 0.5) is 0 Å². The Morgan fingerprint density at radius 1 is 1.44 bits per heavy atom. The van der Waals surface area contributed by atoms with Crippen molar-refractivity contribution in [2.24, 2.45) is 5.73 Å². The topological polar surface area (TPSA) is 92.0 Å². The third-order valence-electron chi connectivity index (χ3n) is 2.21. The van der Waals surface area contributed by atoms with Crippen LogP contribution in [0.1, 0.15) is 5.56 Å². The zero-order valence-corrected chi connectivity index (χ0v) is 8.47. The number of aromatic hydroxyl groups is 1. The van der Waals surface area contributed by atoms with Gasteiger partial charge < -0.3 is 15.8 Å². The molecule has 1 aromatic heterocycles. The highest BCUT2D eigenvalue weighted by Crippen LogP contribution is 2.18. The van der Waals surface area contributed by atoms with Gasteiger partial charge >= 0.3 is 0 Å². The highest BCUT2D eigenvalue weighted by atomic mass is 16.3. The molecule has 0 aliphatic carbocycles. The second kappa shape index (κ2) is 4.16. The Morgan fingerprint density at radius 2 is 2.25 bits per heavy atom. The molecule has 0 radical (unpaired) electrons. The smallest absolute Gasteiger partial charge is 0.255 e. The standard InChI is InChI=1S/C11H11N3O2/c12-5-8-6-13-10(14-11(8)16)7-2-1-3-9(15)4-7/h1-4,6,15H,5,12H2,(H,13,14,16). The van der Waals surface area contributed by atoms with Gasteiger partial charge in [0, 0.05) is 23.9 Å². The minimum atomic E-state index is -0.254. The molecular weight excluding hydrogens is 206 g/mol. The van der Waals surface area contributed by atoms with Gasteiger partial charge in [-0.2, -0.15) is 0 Å². The summed E-state index contributed by atoms with van der Waals surface area (Å²) in [6.07, 6.45) is 1.44. The van der Waals surface area contributed by atoms with Crippen molar-refractivity contribution in [1.29, 1.82) is 0 Å².